The molecule has 0 atom stereocenters. The Morgan fingerprint density at radius 2 is 2.00 bits per heavy atom. The molecule has 3 N–H and O–H groups in total. The molecule has 0 saturated heterocycles. The first kappa shape index (κ1) is 14.5. The van der Waals surface area contributed by atoms with Crippen molar-refractivity contribution in [3.8, 4) is 0 Å². The van der Waals surface area contributed by atoms with Gasteiger partial charge in [0.05, 0.1) is 20.9 Å². The van der Waals surface area contributed by atoms with E-state index in [9.17, 15) is 0 Å². The number of thiocarbonyl (C=S) groups is 1. The van der Waals surface area contributed by atoms with Crippen molar-refractivity contribution in [2.24, 2.45) is 5.73 Å². The minimum absolute atomic E-state index is 0.318. The van der Waals surface area contributed by atoms with Crippen molar-refractivity contribution in [2.45, 2.75) is 0 Å². The van der Waals surface area contributed by atoms with Crippen LogP contribution in [-0.2, 0) is 0 Å². The molecule has 0 aliphatic carbocycles. The van der Waals surface area contributed by atoms with Crippen LogP contribution in [0, 0.1) is 0 Å². The first-order chi connectivity index (χ1) is 10.0. The lowest BCUT2D eigenvalue weighted by Gasteiger charge is -2.06. The number of nitrogens with two attached hydrogens (primary N) is 1. The maximum atomic E-state index is 6.23. The van der Waals surface area contributed by atoms with Crippen molar-refractivity contribution in [3.05, 3.63) is 52.0 Å². The van der Waals surface area contributed by atoms with Crippen molar-refractivity contribution in [3.63, 3.8) is 0 Å². The van der Waals surface area contributed by atoms with Gasteiger partial charge in [0.1, 0.15) is 4.99 Å². The zero-order valence-electron chi connectivity index (χ0n) is 10.6. The summed E-state index contributed by atoms with van der Waals surface area (Å²) in [4.78, 5) is 4.81. The molecule has 2 aromatic carbocycles. The highest BCUT2D eigenvalue weighted by atomic mass is 35.5. The first-order valence-electron chi connectivity index (χ1n) is 5.95. The average Bonchev–Trinajstić information content (AvgIpc) is 2.82. The Morgan fingerprint density at radius 1 is 1.19 bits per heavy atom. The van der Waals surface area contributed by atoms with Gasteiger partial charge in [-0.3, -0.25) is 0 Å². The largest absolute Gasteiger partial charge is 0.389 e. The smallest absolute Gasteiger partial charge is 0.188 e. The van der Waals surface area contributed by atoms with Crippen LogP contribution in [0.1, 0.15) is 5.56 Å². The second-order valence-corrected chi connectivity index (χ2v) is 6.63. The number of benzene rings is 2. The molecule has 0 saturated carbocycles. The highest BCUT2D eigenvalue weighted by molar-refractivity contribution is 7.80. The van der Waals surface area contributed by atoms with E-state index in [-0.39, 0.29) is 0 Å². The van der Waals surface area contributed by atoms with Gasteiger partial charge in [0.15, 0.2) is 5.13 Å². The van der Waals surface area contributed by atoms with Crippen LogP contribution in [0.2, 0.25) is 10.0 Å². The van der Waals surface area contributed by atoms with Crippen molar-refractivity contribution in [1.82, 2.24) is 4.98 Å². The van der Waals surface area contributed by atoms with E-state index in [2.05, 4.69) is 10.3 Å². The van der Waals surface area contributed by atoms with Crippen LogP contribution in [0.3, 0.4) is 0 Å². The number of nitrogens with one attached hydrogen (secondary N) is 1. The standard InChI is InChI=1S/C14H9Cl2N3S2/c15-8-2-4-11-12(6-8)21-14(19-11)18-10-3-1-7(13(17)20)5-9(10)16/h1-6H,(H2,17,20)(H,18,19). The molecule has 0 aliphatic rings. The Kier molecular flexibility index (Phi) is 3.99. The van der Waals surface area contributed by atoms with E-state index in [1.165, 1.54) is 11.3 Å². The number of fused-ring (bicyclic) bond motifs is 1. The molecule has 0 aliphatic heterocycles. The number of nitrogens with zero attached hydrogens (tertiary/aromatic N) is 1. The van der Waals surface area contributed by atoms with E-state index in [0.717, 1.165) is 26.6 Å². The van der Waals surface area contributed by atoms with Gasteiger partial charge in [-0.1, -0.05) is 46.8 Å². The summed E-state index contributed by atoms with van der Waals surface area (Å²) in [7, 11) is 0. The van der Waals surface area contributed by atoms with Crippen LogP contribution in [0.4, 0.5) is 10.8 Å². The molecule has 3 rings (SSSR count). The van der Waals surface area contributed by atoms with E-state index < -0.39 is 0 Å². The summed E-state index contributed by atoms with van der Waals surface area (Å²) < 4.78 is 1.01. The summed E-state index contributed by atoms with van der Waals surface area (Å²) in [6, 6.07) is 11.0. The number of hydrogen-bond acceptors (Lipinski definition) is 4. The summed E-state index contributed by atoms with van der Waals surface area (Å²) >= 11 is 18.6. The highest BCUT2D eigenvalue weighted by Crippen LogP contribution is 2.32. The molecule has 3 nitrogen and oxygen atoms in total. The second kappa shape index (κ2) is 5.77. The average molecular weight is 354 g/mol. The first-order valence-corrected chi connectivity index (χ1v) is 7.93. The number of halogens is 2. The highest BCUT2D eigenvalue weighted by Gasteiger charge is 2.08. The Morgan fingerprint density at radius 3 is 2.71 bits per heavy atom. The number of rotatable bonds is 3. The monoisotopic (exact) mass is 353 g/mol. The van der Waals surface area contributed by atoms with Gasteiger partial charge in [0.25, 0.3) is 0 Å². The van der Waals surface area contributed by atoms with Crippen molar-refractivity contribution >= 4 is 72.8 Å². The summed E-state index contributed by atoms with van der Waals surface area (Å²) in [6.07, 6.45) is 0. The SMILES string of the molecule is NC(=S)c1ccc(Nc2nc3ccc(Cl)cc3s2)c(Cl)c1. The van der Waals surface area contributed by atoms with Gasteiger partial charge in [-0.25, -0.2) is 4.98 Å². The van der Waals surface area contributed by atoms with E-state index >= 15 is 0 Å². The number of thiazole rings is 1. The summed E-state index contributed by atoms with van der Waals surface area (Å²) in [6.45, 7) is 0. The predicted molar refractivity (Wildman–Crippen MR) is 95.3 cm³/mol. The van der Waals surface area contributed by atoms with Gasteiger partial charge < -0.3 is 11.1 Å². The van der Waals surface area contributed by atoms with E-state index in [4.69, 9.17) is 41.2 Å². The fourth-order valence-electron chi connectivity index (χ4n) is 1.84. The predicted octanol–water partition coefficient (Wildman–Crippen LogP) is 4.98. The maximum Gasteiger partial charge on any atom is 0.188 e. The van der Waals surface area contributed by atoms with Crippen LogP contribution >= 0.6 is 46.8 Å². The van der Waals surface area contributed by atoms with Gasteiger partial charge >= 0.3 is 0 Å². The molecule has 0 radical (unpaired) electrons. The molecule has 21 heavy (non-hydrogen) atoms. The molecule has 0 spiro atoms. The molecule has 0 fully saturated rings. The molecule has 3 aromatic rings. The third kappa shape index (κ3) is 3.11. The van der Waals surface area contributed by atoms with Crippen LogP contribution in [-0.4, -0.2) is 9.97 Å². The molecular weight excluding hydrogens is 345 g/mol. The number of aromatic nitrogens is 1. The van der Waals surface area contributed by atoms with Crippen molar-refractivity contribution in [2.75, 3.05) is 5.32 Å². The Balaban J connectivity index is 1.93. The minimum atomic E-state index is 0.318. The minimum Gasteiger partial charge on any atom is -0.389 e. The van der Waals surface area contributed by atoms with Gasteiger partial charge in [-0.2, -0.15) is 0 Å². The van der Waals surface area contributed by atoms with Crippen molar-refractivity contribution < 1.29 is 0 Å². The fourth-order valence-corrected chi connectivity index (χ4v) is 3.35. The molecule has 0 bridgehead atoms. The second-order valence-electron chi connectivity index (χ2n) is 4.31. The molecule has 106 valence electrons. The van der Waals surface area contributed by atoms with E-state index in [0.29, 0.717) is 15.0 Å². The third-order valence-corrected chi connectivity index (χ3v) is 4.56. The van der Waals surface area contributed by atoms with Crippen LogP contribution in [0.5, 0.6) is 0 Å². The third-order valence-electron chi connectivity index (χ3n) is 2.85. The number of anilines is 2. The summed E-state index contributed by atoms with van der Waals surface area (Å²) in [5.74, 6) is 0. The zero-order chi connectivity index (χ0) is 15.0. The molecular formula is C14H9Cl2N3S2. The van der Waals surface area contributed by atoms with Gasteiger partial charge in [-0.15, -0.1) is 0 Å². The Hall–Kier alpha value is -1.40. The molecule has 0 amide bonds. The molecule has 0 unspecified atom stereocenters. The molecule has 1 aromatic heterocycles. The summed E-state index contributed by atoms with van der Waals surface area (Å²) in [5.41, 5.74) is 7.96. The molecule has 1 heterocycles. The van der Waals surface area contributed by atoms with E-state index in [1.54, 1.807) is 6.07 Å². The van der Waals surface area contributed by atoms with E-state index in [1.807, 2.05) is 30.3 Å². The van der Waals surface area contributed by atoms with Gasteiger partial charge in [-0.05, 0) is 36.4 Å². The normalized spacial score (nSPS) is 10.8. The lowest BCUT2D eigenvalue weighted by molar-refractivity contribution is 1.44. The Bertz CT molecular complexity index is 845. The van der Waals surface area contributed by atoms with Gasteiger partial charge in [0, 0.05) is 10.6 Å². The quantitative estimate of drug-likeness (QED) is 0.651. The topological polar surface area (TPSA) is 50.9 Å². The van der Waals surface area contributed by atoms with Crippen LogP contribution in [0.25, 0.3) is 10.2 Å². The lowest BCUT2D eigenvalue weighted by atomic mass is 10.2. The van der Waals surface area contributed by atoms with Crippen LogP contribution < -0.4 is 11.1 Å². The summed E-state index contributed by atoms with van der Waals surface area (Å²) in [5, 5.41) is 5.17. The zero-order valence-corrected chi connectivity index (χ0v) is 13.7. The fraction of sp³-hybridized carbons (Fsp3) is 0. The van der Waals surface area contributed by atoms with Gasteiger partial charge in [0.2, 0.25) is 0 Å². The van der Waals surface area contributed by atoms with Crippen LogP contribution in [0.15, 0.2) is 36.4 Å². The molecule has 7 heteroatoms. The van der Waals surface area contributed by atoms with Crippen molar-refractivity contribution in [1.29, 1.82) is 0 Å². The number of hydrogen-bond donors (Lipinski definition) is 2. The lowest BCUT2D eigenvalue weighted by Crippen LogP contribution is -2.09. The maximum absolute atomic E-state index is 6.23. The Labute approximate surface area is 140 Å².